The van der Waals surface area contributed by atoms with Crippen LogP contribution in [-0.4, -0.2) is 21.5 Å². The fourth-order valence-corrected chi connectivity index (χ4v) is 3.37. The highest BCUT2D eigenvalue weighted by Gasteiger charge is 2.15. The first kappa shape index (κ1) is 17.5. The lowest BCUT2D eigenvalue weighted by atomic mass is 10.2. The molecule has 3 aromatic rings. The van der Waals surface area contributed by atoms with Gasteiger partial charge in [-0.1, -0.05) is 6.07 Å². The second-order valence-electron chi connectivity index (χ2n) is 5.34. The van der Waals surface area contributed by atoms with E-state index in [1.807, 2.05) is 0 Å². The Morgan fingerprint density at radius 3 is 2.54 bits per heavy atom. The van der Waals surface area contributed by atoms with Crippen LogP contribution in [0.4, 0.5) is 16.2 Å². The normalized spacial score (nSPS) is 11.1. The van der Waals surface area contributed by atoms with Crippen molar-refractivity contribution in [2.45, 2.75) is 4.90 Å². The van der Waals surface area contributed by atoms with E-state index in [9.17, 15) is 18.0 Å². The number of rotatable bonds is 4. The molecule has 0 bridgehead atoms. The number of hydrogen-bond acceptors (Lipinski definition) is 5. The van der Waals surface area contributed by atoms with Gasteiger partial charge < -0.3 is 15.1 Å². The van der Waals surface area contributed by atoms with Gasteiger partial charge in [-0.3, -0.25) is 4.72 Å². The van der Waals surface area contributed by atoms with Gasteiger partial charge in [0.2, 0.25) is 0 Å². The van der Waals surface area contributed by atoms with Gasteiger partial charge in [-0.25, -0.2) is 18.0 Å². The summed E-state index contributed by atoms with van der Waals surface area (Å²) in [6.45, 7) is 0. The number of carbonyl (C=O) groups is 1. The van der Waals surface area contributed by atoms with E-state index in [2.05, 4.69) is 15.4 Å². The third-order valence-corrected chi connectivity index (χ3v) is 4.88. The molecular formula is C17H15N3O5S. The maximum atomic E-state index is 12.6. The Morgan fingerprint density at radius 2 is 1.77 bits per heavy atom. The van der Waals surface area contributed by atoms with Gasteiger partial charge in [0, 0.05) is 24.2 Å². The van der Waals surface area contributed by atoms with Gasteiger partial charge in [0.05, 0.1) is 10.6 Å². The van der Waals surface area contributed by atoms with E-state index in [4.69, 9.17) is 4.42 Å². The molecular weight excluding hydrogens is 358 g/mol. The Hall–Kier alpha value is -3.33. The van der Waals surface area contributed by atoms with Crippen molar-refractivity contribution in [3.8, 4) is 0 Å². The molecule has 26 heavy (non-hydrogen) atoms. The summed E-state index contributed by atoms with van der Waals surface area (Å²) in [6, 6.07) is 12.8. The van der Waals surface area contributed by atoms with E-state index in [1.54, 1.807) is 18.2 Å². The van der Waals surface area contributed by atoms with Crippen molar-refractivity contribution in [1.29, 1.82) is 0 Å². The summed E-state index contributed by atoms with van der Waals surface area (Å²) < 4.78 is 32.6. The molecule has 2 aromatic carbocycles. The van der Waals surface area contributed by atoms with Gasteiger partial charge in [-0.05, 0) is 42.5 Å². The van der Waals surface area contributed by atoms with Crippen LogP contribution >= 0.6 is 0 Å². The molecule has 0 fully saturated rings. The molecule has 0 saturated heterocycles. The van der Waals surface area contributed by atoms with Crippen molar-refractivity contribution in [3.63, 3.8) is 0 Å². The molecule has 9 heteroatoms. The number of fused-ring (bicyclic) bond motifs is 1. The Kier molecular flexibility index (Phi) is 4.63. The van der Waals surface area contributed by atoms with Gasteiger partial charge in [-0.15, -0.1) is 0 Å². The number of nitrogens with one attached hydrogen (secondary N) is 3. The van der Waals surface area contributed by atoms with E-state index in [0.29, 0.717) is 22.3 Å². The number of urea groups is 1. The van der Waals surface area contributed by atoms with Gasteiger partial charge in [0.15, 0.2) is 0 Å². The molecule has 0 radical (unpaired) electrons. The Balaban J connectivity index is 1.89. The fourth-order valence-electron chi connectivity index (χ4n) is 2.29. The van der Waals surface area contributed by atoms with Crippen LogP contribution in [0.25, 0.3) is 11.0 Å². The molecule has 134 valence electrons. The lowest BCUT2D eigenvalue weighted by Gasteiger charge is -2.10. The molecule has 1 heterocycles. The van der Waals surface area contributed by atoms with Crippen molar-refractivity contribution in [3.05, 3.63) is 65.0 Å². The molecule has 0 aliphatic carbocycles. The summed E-state index contributed by atoms with van der Waals surface area (Å²) in [6.07, 6.45) is 0. The van der Waals surface area contributed by atoms with Gasteiger partial charge in [0.25, 0.3) is 10.0 Å². The molecule has 0 unspecified atom stereocenters. The molecule has 0 saturated carbocycles. The van der Waals surface area contributed by atoms with E-state index in [0.717, 1.165) is 0 Å². The standard InChI is InChI=1S/C17H15N3O5S/c1-18-17(22)19-12-3-2-4-13(10-12)20-26(23,24)14-6-7-15-11(9-14)5-8-16(21)25-15/h2-10,20H,1H3,(H2,18,19,22). The van der Waals surface area contributed by atoms with Crippen molar-refractivity contribution in [2.75, 3.05) is 17.1 Å². The van der Waals surface area contributed by atoms with Crippen LogP contribution in [-0.2, 0) is 10.0 Å². The Bertz CT molecular complexity index is 1140. The lowest BCUT2D eigenvalue weighted by molar-refractivity contribution is 0.254. The second kappa shape index (κ2) is 6.89. The molecule has 1 aromatic heterocycles. The largest absolute Gasteiger partial charge is 0.423 e. The van der Waals surface area contributed by atoms with E-state index < -0.39 is 21.7 Å². The van der Waals surface area contributed by atoms with Crippen molar-refractivity contribution in [2.24, 2.45) is 0 Å². The van der Waals surface area contributed by atoms with E-state index in [1.165, 1.54) is 43.4 Å². The monoisotopic (exact) mass is 373 g/mol. The zero-order valence-electron chi connectivity index (χ0n) is 13.6. The topological polar surface area (TPSA) is 118 Å². The number of carbonyl (C=O) groups excluding carboxylic acids is 1. The number of hydrogen-bond donors (Lipinski definition) is 3. The number of anilines is 2. The zero-order valence-corrected chi connectivity index (χ0v) is 14.5. The van der Waals surface area contributed by atoms with Crippen LogP contribution in [0.5, 0.6) is 0 Å². The number of benzene rings is 2. The first-order valence-corrected chi connectivity index (χ1v) is 9.01. The zero-order chi connectivity index (χ0) is 18.7. The fraction of sp³-hybridized carbons (Fsp3) is 0.0588. The molecule has 0 aliphatic rings. The average molecular weight is 373 g/mol. The summed E-state index contributed by atoms with van der Waals surface area (Å²) in [5.41, 5.74) is 0.517. The smallest absolute Gasteiger partial charge is 0.336 e. The highest BCUT2D eigenvalue weighted by atomic mass is 32.2. The van der Waals surface area contributed by atoms with E-state index >= 15 is 0 Å². The van der Waals surface area contributed by atoms with E-state index in [-0.39, 0.29) is 4.90 Å². The SMILES string of the molecule is CNC(=O)Nc1cccc(NS(=O)(=O)c2ccc3oc(=O)ccc3c2)c1. The van der Waals surface area contributed by atoms with Crippen LogP contribution in [0.15, 0.2) is 68.7 Å². The Morgan fingerprint density at radius 1 is 1.00 bits per heavy atom. The van der Waals surface area contributed by atoms with Crippen LogP contribution < -0.4 is 21.0 Å². The summed E-state index contributed by atoms with van der Waals surface area (Å²) >= 11 is 0. The third kappa shape index (κ3) is 3.83. The minimum atomic E-state index is -3.86. The van der Waals surface area contributed by atoms with Crippen molar-refractivity contribution < 1.29 is 17.6 Å². The summed E-state index contributed by atoms with van der Waals surface area (Å²) in [7, 11) is -2.39. The first-order chi connectivity index (χ1) is 12.4. The second-order valence-corrected chi connectivity index (χ2v) is 7.03. The lowest BCUT2D eigenvalue weighted by Crippen LogP contribution is -2.24. The molecule has 3 N–H and O–H groups in total. The molecule has 2 amide bonds. The minimum absolute atomic E-state index is 0.0171. The van der Waals surface area contributed by atoms with Gasteiger partial charge >= 0.3 is 11.7 Å². The summed E-state index contributed by atoms with van der Waals surface area (Å²) in [4.78, 5) is 22.6. The molecule has 0 spiro atoms. The summed E-state index contributed by atoms with van der Waals surface area (Å²) in [5.74, 6) is 0. The molecule has 0 atom stereocenters. The van der Waals surface area contributed by atoms with Crippen LogP contribution in [0.3, 0.4) is 0 Å². The quantitative estimate of drug-likeness (QED) is 0.607. The van der Waals surface area contributed by atoms with Crippen LogP contribution in [0.1, 0.15) is 0 Å². The number of amides is 2. The Labute approximate surface area is 148 Å². The van der Waals surface area contributed by atoms with Gasteiger partial charge in [-0.2, -0.15) is 0 Å². The predicted molar refractivity (Wildman–Crippen MR) is 97.8 cm³/mol. The van der Waals surface area contributed by atoms with Crippen LogP contribution in [0, 0.1) is 0 Å². The number of sulfonamides is 1. The van der Waals surface area contributed by atoms with Gasteiger partial charge in [0.1, 0.15) is 5.58 Å². The minimum Gasteiger partial charge on any atom is -0.423 e. The maximum absolute atomic E-state index is 12.6. The molecule has 0 aliphatic heterocycles. The highest BCUT2D eigenvalue weighted by molar-refractivity contribution is 7.92. The first-order valence-electron chi connectivity index (χ1n) is 7.53. The highest BCUT2D eigenvalue weighted by Crippen LogP contribution is 2.22. The molecule has 8 nitrogen and oxygen atoms in total. The van der Waals surface area contributed by atoms with Crippen molar-refractivity contribution in [1.82, 2.24) is 5.32 Å². The average Bonchev–Trinajstić information content (AvgIpc) is 2.61. The third-order valence-electron chi connectivity index (χ3n) is 3.50. The predicted octanol–water partition coefficient (Wildman–Crippen LogP) is 2.35. The van der Waals surface area contributed by atoms with Crippen molar-refractivity contribution >= 4 is 38.4 Å². The summed E-state index contributed by atoms with van der Waals surface area (Å²) in [5, 5.41) is 5.46. The van der Waals surface area contributed by atoms with Crippen LogP contribution in [0.2, 0.25) is 0 Å². The molecule has 3 rings (SSSR count). The maximum Gasteiger partial charge on any atom is 0.336 e.